The number of carbonyl (C=O) groups is 1. The molecule has 1 aromatic rings. The molecule has 0 saturated heterocycles. The molecule has 2 N–H and O–H groups in total. The van der Waals surface area contributed by atoms with Crippen LogP contribution >= 0.6 is 0 Å². The number of aliphatic carboxylic acids is 1. The number of sulfonamides is 1. The summed E-state index contributed by atoms with van der Waals surface area (Å²) in [6.07, 6.45) is 0. The standard InChI is InChI=1S/C12H16N2O6S/c1-8(12(15)16)9(2)13-21(19,20)7-10-5-3-4-6-11(10)14(17)18/h3-6,8-9,13H,7H2,1-2H3,(H,15,16). The molecule has 0 saturated carbocycles. The van der Waals surface area contributed by atoms with Gasteiger partial charge in [-0.3, -0.25) is 14.9 Å². The Balaban J connectivity index is 2.92. The van der Waals surface area contributed by atoms with Crippen molar-refractivity contribution >= 4 is 21.7 Å². The fourth-order valence-corrected chi connectivity index (χ4v) is 3.16. The second-order valence-electron chi connectivity index (χ2n) is 4.68. The Labute approximate surface area is 122 Å². The number of rotatable bonds is 7. The van der Waals surface area contributed by atoms with E-state index < -0.39 is 38.6 Å². The zero-order chi connectivity index (χ0) is 16.2. The van der Waals surface area contributed by atoms with Gasteiger partial charge >= 0.3 is 5.97 Å². The van der Waals surface area contributed by atoms with Crippen molar-refractivity contribution in [2.24, 2.45) is 5.92 Å². The zero-order valence-electron chi connectivity index (χ0n) is 11.5. The van der Waals surface area contributed by atoms with E-state index in [0.717, 1.165) is 0 Å². The Morgan fingerprint density at radius 3 is 2.48 bits per heavy atom. The molecule has 0 aliphatic heterocycles. The molecule has 0 aromatic heterocycles. The van der Waals surface area contributed by atoms with Gasteiger partial charge < -0.3 is 5.11 Å². The number of nitro groups is 1. The summed E-state index contributed by atoms with van der Waals surface area (Å²) >= 11 is 0. The molecule has 2 atom stereocenters. The maximum absolute atomic E-state index is 12.0. The maximum atomic E-state index is 12.0. The Morgan fingerprint density at radius 2 is 1.95 bits per heavy atom. The number of benzene rings is 1. The van der Waals surface area contributed by atoms with Gasteiger partial charge in [-0.25, -0.2) is 13.1 Å². The fourth-order valence-electron chi connectivity index (χ4n) is 1.66. The number of nitrogens with zero attached hydrogens (tertiary/aromatic N) is 1. The first-order chi connectivity index (χ1) is 9.64. The minimum absolute atomic E-state index is 0.0465. The van der Waals surface area contributed by atoms with Crippen molar-refractivity contribution < 1.29 is 23.2 Å². The van der Waals surface area contributed by atoms with Crippen LogP contribution in [0, 0.1) is 16.0 Å². The van der Waals surface area contributed by atoms with Gasteiger partial charge in [-0.1, -0.05) is 25.1 Å². The predicted molar refractivity (Wildman–Crippen MR) is 75.1 cm³/mol. The van der Waals surface area contributed by atoms with E-state index in [2.05, 4.69) is 4.72 Å². The van der Waals surface area contributed by atoms with E-state index >= 15 is 0 Å². The summed E-state index contributed by atoms with van der Waals surface area (Å²) in [5, 5.41) is 19.7. The largest absolute Gasteiger partial charge is 0.481 e. The number of nitrogens with one attached hydrogen (secondary N) is 1. The molecule has 21 heavy (non-hydrogen) atoms. The van der Waals surface area contributed by atoms with Crippen molar-refractivity contribution in [3.8, 4) is 0 Å². The van der Waals surface area contributed by atoms with E-state index in [0.29, 0.717) is 0 Å². The molecular weight excluding hydrogens is 300 g/mol. The van der Waals surface area contributed by atoms with Gasteiger partial charge in [0.25, 0.3) is 5.69 Å². The molecule has 0 heterocycles. The van der Waals surface area contributed by atoms with E-state index in [4.69, 9.17) is 5.11 Å². The first kappa shape index (κ1) is 17.1. The highest BCUT2D eigenvalue weighted by Gasteiger charge is 2.26. The van der Waals surface area contributed by atoms with Crippen LogP contribution in [0.1, 0.15) is 19.4 Å². The normalized spacial score (nSPS) is 14.4. The topological polar surface area (TPSA) is 127 Å². The Bertz CT molecular complexity index is 643. The van der Waals surface area contributed by atoms with Crippen molar-refractivity contribution in [2.75, 3.05) is 0 Å². The van der Waals surface area contributed by atoms with Gasteiger partial charge in [-0.05, 0) is 6.92 Å². The number of carboxylic acids is 1. The van der Waals surface area contributed by atoms with E-state index in [1.807, 2.05) is 0 Å². The quantitative estimate of drug-likeness (QED) is 0.573. The summed E-state index contributed by atoms with van der Waals surface area (Å²) < 4.78 is 26.2. The van der Waals surface area contributed by atoms with Crippen molar-refractivity contribution in [1.29, 1.82) is 0 Å². The second-order valence-corrected chi connectivity index (χ2v) is 6.43. The average Bonchev–Trinajstić information content (AvgIpc) is 2.36. The minimum Gasteiger partial charge on any atom is -0.481 e. The van der Waals surface area contributed by atoms with E-state index in [1.54, 1.807) is 0 Å². The summed E-state index contributed by atoms with van der Waals surface area (Å²) in [5.41, 5.74) is -0.244. The zero-order valence-corrected chi connectivity index (χ0v) is 12.3. The van der Waals surface area contributed by atoms with Crippen LogP contribution in [0.5, 0.6) is 0 Å². The first-order valence-electron chi connectivity index (χ1n) is 6.09. The highest BCUT2D eigenvalue weighted by atomic mass is 32.2. The van der Waals surface area contributed by atoms with Gasteiger partial charge in [0.2, 0.25) is 10.0 Å². The summed E-state index contributed by atoms with van der Waals surface area (Å²) in [6.45, 7) is 2.80. The molecule has 0 amide bonds. The SMILES string of the molecule is CC(NS(=O)(=O)Cc1ccccc1[N+](=O)[O-])C(C)C(=O)O. The number of carboxylic acid groups (broad SMARTS) is 1. The monoisotopic (exact) mass is 316 g/mol. The number of hydrogen-bond donors (Lipinski definition) is 2. The van der Waals surface area contributed by atoms with E-state index in [9.17, 15) is 23.3 Å². The van der Waals surface area contributed by atoms with Crippen LogP contribution < -0.4 is 4.72 Å². The molecule has 116 valence electrons. The molecule has 0 spiro atoms. The summed E-state index contributed by atoms with van der Waals surface area (Å²) in [7, 11) is -3.89. The van der Waals surface area contributed by atoms with Crippen molar-refractivity contribution in [1.82, 2.24) is 4.72 Å². The maximum Gasteiger partial charge on any atom is 0.307 e. The highest BCUT2D eigenvalue weighted by Crippen LogP contribution is 2.20. The van der Waals surface area contributed by atoms with E-state index in [1.165, 1.54) is 38.1 Å². The van der Waals surface area contributed by atoms with Crippen LogP contribution in [-0.4, -0.2) is 30.5 Å². The minimum atomic E-state index is -3.89. The average molecular weight is 316 g/mol. The van der Waals surface area contributed by atoms with Crippen LogP contribution in [0.2, 0.25) is 0 Å². The number of para-hydroxylation sites is 1. The van der Waals surface area contributed by atoms with Gasteiger partial charge in [0, 0.05) is 17.7 Å². The smallest absolute Gasteiger partial charge is 0.307 e. The molecule has 0 radical (unpaired) electrons. The lowest BCUT2D eigenvalue weighted by Gasteiger charge is -2.17. The van der Waals surface area contributed by atoms with E-state index in [-0.39, 0.29) is 11.3 Å². The summed E-state index contributed by atoms with van der Waals surface area (Å²) in [5.74, 6) is -2.62. The number of hydrogen-bond acceptors (Lipinski definition) is 5. The summed E-state index contributed by atoms with van der Waals surface area (Å²) in [4.78, 5) is 21.0. The third kappa shape index (κ3) is 4.80. The van der Waals surface area contributed by atoms with Gasteiger partial charge in [0.15, 0.2) is 0 Å². The third-order valence-corrected chi connectivity index (χ3v) is 4.46. The van der Waals surface area contributed by atoms with Gasteiger partial charge in [-0.15, -0.1) is 0 Å². The molecule has 8 nitrogen and oxygen atoms in total. The molecule has 0 fully saturated rings. The van der Waals surface area contributed by atoms with Gasteiger partial charge in [0.05, 0.1) is 16.6 Å². The van der Waals surface area contributed by atoms with Gasteiger partial charge in [0.1, 0.15) is 0 Å². The highest BCUT2D eigenvalue weighted by molar-refractivity contribution is 7.88. The van der Waals surface area contributed by atoms with Crippen LogP contribution in [-0.2, 0) is 20.6 Å². The lowest BCUT2D eigenvalue weighted by Crippen LogP contribution is -2.40. The van der Waals surface area contributed by atoms with Crippen molar-refractivity contribution in [2.45, 2.75) is 25.6 Å². The Hall–Kier alpha value is -2.00. The molecule has 0 aliphatic carbocycles. The number of nitro benzene ring substituents is 1. The van der Waals surface area contributed by atoms with Crippen LogP contribution in [0.15, 0.2) is 24.3 Å². The third-order valence-electron chi connectivity index (χ3n) is 3.04. The Kier molecular flexibility index (Phi) is 5.39. The van der Waals surface area contributed by atoms with Crippen LogP contribution in [0.4, 0.5) is 5.69 Å². The lowest BCUT2D eigenvalue weighted by atomic mass is 10.1. The van der Waals surface area contributed by atoms with Crippen molar-refractivity contribution in [3.05, 3.63) is 39.9 Å². The van der Waals surface area contributed by atoms with Crippen molar-refractivity contribution in [3.63, 3.8) is 0 Å². The van der Waals surface area contributed by atoms with Gasteiger partial charge in [-0.2, -0.15) is 0 Å². The van der Waals surface area contributed by atoms with Crippen LogP contribution in [0.25, 0.3) is 0 Å². The molecule has 0 aliphatic rings. The molecule has 1 rings (SSSR count). The predicted octanol–water partition coefficient (Wildman–Crippen LogP) is 1.12. The molecule has 1 aromatic carbocycles. The first-order valence-corrected chi connectivity index (χ1v) is 7.74. The molecule has 9 heteroatoms. The Morgan fingerprint density at radius 1 is 1.38 bits per heavy atom. The lowest BCUT2D eigenvalue weighted by molar-refractivity contribution is -0.385. The fraction of sp³-hybridized carbons (Fsp3) is 0.417. The molecular formula is C12H16N2O6S. The molecule has 0 bridgehead atoms. The van der Waals surface area contributed by atoms with Crippen LogP contribution in [0.3, 0.4) is 0 Å². The second kappa shape index (κ2) is 6.64. The molecule has 2 unspecified atom stereocenters. The summed E-state index contributed by atoms with van der Waals surface area (Å²) in [6, 6.07) is 4.68.